The van der Waals surface area contributed by atoms with Crippen molar-refractivity contribution in [2.75, 3.05) is 13.2 Å². The highest BCUT2D eigenvalue weighted by Crippen LogP contribution is 2.24. The molecule has 3 rings (SSSR count). The van der Waals surface area contributed by atoms with Crippen LogP contribution < -0.4 is 0 Å². The molecule has 0 N–H and O–H groups in total. The van der Waals surface area contributed by atoms with Crippen LogP contribution >= 0.6 is 11.3 Å². The number of ether oxygens (including phenoxy) is 1. The van der Waals surface area contributed by atoms with E-state index in [2.05, 4.69) is 0 Å². The Hall–Kier alpha value is -1.54. The van der Waals surface area contributed by atoms with Gasteiger partial charge >= 0.3 is 0 Å². The molecule has 1 saturated heterocycles. The van der Waals surface area contributed by atoms with Crippen molar-refractivity contribution in [2.24, 2.45) is 0 Å². The van der Waals surface area contributed by atoms with E-state index >= 15 is 0 Å². The van der Waals surface area contributed by atoms with E-state index in [4.69, 9.17) is 4.74 Å². The highest BCUT2D eigenvalue weighted by atomic mass is 32.2. The van der Waals surface area contributed by atoms with E-state index in [9.17, 15) is 13.2 Å². The molecule has 0 bridgehead atoms. The fraction of sp³-hybridized carbons (Fsp3) is 0.389. The summed E-state index contributed by atoms with van der Waals surface area (Å²) in [4.78, 5) is 12.7. The van der Waals surface area contributed by atoms with Crippen molar-refractivity contribution < 1.29 is 17.9 Å². The highest BCUT2D eigenvalue weighted by molar-refractivity contribution is 7.89. The maximum absolute atomic E-state index is 13.2. The third kappa shape index (κ3) is 4.36. The number of Topliss-reactive ketones (excluding diaryl/α,β-unsaturated/α-hetero) is 1. The summed E-state index contributed by atoms with van der Waals surface area (Å²) in [5.74, 6) is -0.152. The molecule has 0 saturated carbocycles. The first-order valence-electron chi connectivity index (χ1n) is 8.22. The first-order valence-corrected chi connectivity index (χ1v) is 10.5. The molecule has 1 aliphatic heterocycles. The fourth-order valence-electron chi connectivity index (χ4n) is 2.86. The maximum atomic E-state index is 13.2. The van der Waals surface area contributed by atoms with Gasteiger partial charge in [-0.1, -0.05) is 18.2 Å². The first kappa shape index (κ1) is 18.3. The van der Waals surface area contributed by atoms with Crippen LogP contribution in [0.15, 0.2) is 46.7 Å². The molecule has 1 aromatic carbocycles. The normalized spacial score (nSPS) is 17.9. The second-order valence-electron chi connectivity index (χ2n) is 6.10. The summed E-state index contributed by atoms with van der Waals surface area (Å²) < 4.78 is 33.5. The molecule has 0 amide bonds. The molecule has 1 aliphatic rings. The number of hydrogen-bond donors (Lipinski definition) is 0. The highest BCUT2D eigenvalue weighted by Gasteiger charge is 2.29. The Morgan fingerprint density at radius 1 is 1.32 bits per heavy atom. The van der Waals surface area contributed by atoms with Gasteiger partial charge in [0.15, 0.2) is 5.78 Å². The third-order valence-electron chi connectivity index (χ3n) is 4.22. The molecular formula is C18H21NO4S2. The Balaban J connectivity index is 1.91. The van der Waals surface area contributed by atoms with Crippen molar-refractivity contribution in [3.63, 3.8) is 0 Å². The average molecular weight is 380 g/mol. The van der Waals surface area contributed by atoms with Crippen LogP contribution in [-0.2, 0) is 21.3 Å². The zero-order valence-electron chi connectivity index (χ0n) is 14.1. The van der Waals surface area contributed by atoms with E-state index < -0.39 is 10.0 Å². The molecule has 0 spiro atoms. The van der Waals surface area contributed by atoms with E-state index in [1.165, 1.54) is 28.6 Å². The third-order valence-corrected chi connectivity index (χ3v) is 6.89. The lowest BCUT2D eigenvalue weighted by molar-refractivity contribution is 0.0927. The molecule has 2 heterocycles. The molecule has 7 heteroatoms. The molecule has 25 heavy (non-hydrogen) atoms. The summed E-state index contributed by atoms with van der Waals surface area (Å²) in [6.07, 6.45) is 1.74. The number of thiophene rings is 1. The molecule has 1 aromatic heterocycles. The Kier molecular flexibility index (Phi) is 5.68. The second-order valence-corrected chi connectivity index (χ2v) is 9.07. The molecule has 2 aromatic rings. The zero-order valence-corrected chi connectivity index (χ0v) is 15.7. The van der Waals surface area contributed by atoms with Gasteiger partial charge < -0.3 is 4.74 Å². The van der Waals surface area contributed by atoms with E-state index in [-0.39, 0.29) is 16.8 Å². The topological polar surface area (TPSA) is 63.7 Å². The fourth-order valence-corrected chi connectivity index (χ4v) is 5.16. The minimum Gasteiger partial charge on any atom is -0.377 e. The van der Waals surface area contributed by atoms with Crippen molar-refractivity contribution in [1.82, 2.24) is 4.31 Å². The van der Waals surface area contributed by atoms with Gasteiger partial charge in [0.25, 0.3) is 0 Å². The van der Waals surface area contributed by atoms with Crippen molar-refractivity contribution >= 4 is 27.1 Å². The van der Waals surface area contributed by atoms with Crippen LogP contribution in [0.1, 0.15) is 35.0 Å². The van der Waals surface area contributed by atoms with Crippen molar-refractivity contribution in [3.05, 3.63) is 52.2 Å². The maximum Gasteiger partial charge on any atom is 0.243 e. The van der Waals surface area contributed by atoms with E-state index in [1.807, 2.05) is 17.5 Å². The van der Waals surface area contributed by atoms with E-state index in [0.29, 0.717) is 25.3 Å². The van der Waals surface area contributed by atoms with Gasteiger partial charge in [-0.25, -0.2) is 8.42 Å². The predicted molar refractivity (Wildman–Crippen MR) is 97.3 cm³/mol. The van der Waals surface area contributed by atoms with Gasteiger partial charge in [-0.2, -0.15) is 4.31 Å². The Labute approximate surface area is 152 Å². The van der Waals surface area contributed by atoms with E-state index in [1.54, 1.807) is 18.2 Å². The summed E-state index contributed by atoms with van der Waals surface area (Å²) >= 11 is 1.53. The second kappa shape index (κ2) is 7.78. The van der Waals surface area contributed by atoms with Crippen LogP contribution in [0.5, 0.6) is 0 Å². The lowest BCUT2D eigenvalue weighted by Gasteiger charge is -2.24. The predicted octanol–water partition coefficient (Wildman–Crippen LogP) is 3.32. The Morgan fingerprint density at radius 2 is 2.16 bits per heavy atom. The number of rotatable bonds is 7. The van der Waals surface area contributed by atoms with Crippen LogP contribution in [-0.4, -0.2) is 37.8 Å². The van der Waals surface area contributed by atoms with Crippen molar-refractivity contribution in [1.29, 1.82) is 0 Å². The number of benzene rings is 1. The number of ketones is 1. The standard InChI is InChI=1S/C18H21NO4S2/c1-14(20)15-5-2-8-18(11-15)25(21,22)19(12-16-6-3-9-23-16)13-17-7-4-10-24-17/h2,4-5,7-8,10-11,16H,3,6,9,12-13H2,1H3/t16-/m1/s1. The molecule has 0 unspecified atom stereocenters. The number of carbonyl (C=O) groups excluding carboxylic acids is 1. The van der Waals surface area contributed by atoms with Gasteiger partial charge in [0, 0.05) is 30.1 Å². The van der Waals surface area contributed by atoms with Crippen LogP contribution in [0.2, 0.25) is 0 Å². The van der Waals surface area contributed by atoms with Gasteiger partial charge in [-0.15, -0.1) is 11.3 Å². The van der Waals surface area contributed by atoms with Gasteiger partial charge in [0.05, 0.1) is 11.0 Å². The minimum absolute atomic E-state index is 0.0780. The molecule has 1 atom stereocenters. The van der Waals surface area contributed by atoms with Crippen LogP contribution in [0.3, 0.4) is 0 Å². The molecule has 134 valence electrons. The molecule has 1 fully saturated rings. The summed E-state index contributed by atoms with van der Waals surface area (Å²) in [5.41, 5.74) is 0.397. The van der Waals surface area contributed by atoms with E-state index in [0.717, 1.165) is 17.7 Å². The van der Waals surface area contributed by atoms with Crippen LogP contribution in [0.25, 0.3) is 0 Å². The number of nitrogens with zero attached hydrogens (tertiary/aromatic N) is 1. The molecule has 0 radical (unpaired) electrons. The van der Waals surface area contributed by atoms with Crippen molar-refractivity contribution in [2.45, 2.75) is 37.3 Å². The smallest absolute Gasteiger partial charge is 0.243 e. The summed E-state index contributed by atoms with van der Waals surface area (Å²) in [6.45, 7) is 2.74. The molecule has 0 aliphatic carbocycles. The monoisotopic (exact) mass is 379 g/mol. The quantitative estimate of drug-likeness (QED) is 0.692. The van der Waals surface area contributed by atoms with Gasteiger partial charge in [0.1, 0.15) is 0 Å². The molecule has 5 nitrogen and oxygen atoms in total. The largest absolute Gasteiger partial charge is 0.377 e. The van der Waals surface area contributed by atoms with Gasteiger partial charge in [-0.3, -0.25) is 4.79 Å². The number of hydrogen-bond acceptors (Lipinski definition) is 5. The lowest BCUT2D eigenvalue weighted by Crippen LogP contribution is -2.36. The minimum atomic E-state index is -3.71. The summed E-state index contributed by atoms with van der Waals surface area (Å²) in [7, 11) is -3.71. The molecular weight excluding hydrogens is 358 g/mol. The lowest BCUT2D eigenvalue weighted by atomic mass is 10.2. The first-order chi connectivity index (χ1) is 12.0. The Morgan fingerprint density at radius 3 is 2.80 bits per heavy atom. The van der Waals surface area contributed by atoms with Crippen LogP contribution in [0, 0.1) is 0 Å². The SMILES string of the molecule is CC(=O)c1cccc(S(=O)(=O)N(Cc2cccs2)C[C@H]2CCCO2)c1. The summed E-state index contributed by atoms with van der Waals surface area (Å²) in [5, 5.41) is 1.93. The van der Waals surface area contributed by atoms with Crippen LogP contribution in [0.4, 0.5) is 0 Å². The van der Waals surface area contributed by atoms with Gasteiger partial charge in [-0.05, 0) is 43.3 Å². The average Bonchev–Trinajstić information content (AvgIpc) is 3.28. The number of carbonyl (C=O) groups is 1. The Bertz CT molecular complexity index is 825. The van der Waals surface area contributed by atoms with Crippen molar-refractivity contribution in [3.8, 4) is 0 Å². The zero-order chi connectivity index (χ0) is 17.9. The summed E-state index contributed by atoms with van der Waals surface area (Å²) in [6, 6.07) is 10.1. The number of sulfonamides is 1. The van der Waals surface area contributed by atoms with Gasteiger partial charge in [0.2, 0.25) is 10.0 Å².